The molecule has 0 amide bonds. The Morgan fingerprint density at radius 2 is 1.42 bits per heavy atom. The minimum absolute atomic E-state index is 0.0418. The minimum Gasteiger partial charge on any atom is -0.396 e. The number of aliphatic hydroxyl groups is 2. The highest BCUT2D eigenvalue weighted by Gasteiger charge is 2.15. The van der Waals surface area contributed by atoms with Gasteiger partial charge in [0.15, 0.2) is 0 Å². The Bertz CT molecular complexity index is 430. The van der Waals surface area contributed by atoms with E-state index in [1.54, 1.807) is 12.2 Å². The lowest BCUT2D eigenvalue weighted by atomic mass is 9.97. The number of aliphatic hydroxyl groups excluding tert-OH is 2. The van der Waals surface area contributed by atoms with Crippen molar-refractivity contribution >= 4 is 18.2 Å². The van der Waals surface area contributed by atoms with Crippen molar-refractivity contribution in [1.82, 2.24) is 0 Å². The maximum absolute atomic E-state index is 10.1. The zero-order valence-electron chi connectivity index (χ0n) is 16.2. The molecule has 0 rings (SSSR count). The number of nitrogens with one attached hydrogen (secondary N) is 1. The van der Waals surface area contributed by atoms with E-state index in [4.69, 9.17) is 20.4 Å². The fourth-order valence-electron chi connectivity index (χ4n) is 1.91. The van der Waals surface area contributed by atoms with E-state index in [-0.39, 0.29) is 24.8 Å². The van der Waals surface area contributed by atoms with Crippen molar-refractivity contribution in [3.8, 4) is 0 Å². The second kappa shape index (κ2) is 23.1. The van der Waals surface area contributed by atoms with Crippen LogP contribution in [-0.4, -0.2) is 53.2 Å². The number of nitrogens with zero attached hydrogens (tertiary/aromatic N) is 2. The Kier molecular flexibility index (Phi) is 25.6. The van der Waals surface area contributed by atoms with Crippen molar-refractivity contribution < 1.29 is 24.6 Å². The third kappa shape index (κ3) is 30.0. The molecule has 0 spiro atoms. The van der Waals surface area contributed by atoms with Gasteiger partial charge in [0.1, 0.15) is 0 Å². The van der Waals surface area contributed by atoms with E-state index in [1.165, 1.54) is 0 Å². The molecule has 0 aromatic heterocycles. The number of rotatable bonds is 12. The van der Waals surface area contributed by atoms with E-state index < -0.39 is 0 Å². The van der Waals surface area contributed by atoms with Gasteiger partial charge in [-0.25, -0.2) is 24.8 Å². The van der Waals surface area contributed by atoms with Gasteiger partial charge in [-0.15, -0.1) is 0 Å². The molecule has 3 N–H and O–H groups in total. The van der Waals surface area contributed by atoms with Gasteiger partial charge >= 0.3 is 0 Å². The number of aliphatic imine (C=N–C) groups is 2. The number of hydrogen-bond donors (Lipinski definition) is 3. The van der Waals surface area contributed by atoms with Crippen molar-refractivity contribution in [2.75, 3.05) is 13.2 Å². The van der Waals surface area contributed by atoms with Gasteiger partial charge in [0.25, 0.3) is 0 Å². The highest BCUT2D eigenvalue weighted by molar-refractivity contribution is 5.34. The summed E-state index contributed by atoms with van der Waals surface area (Å²) in [5, 5.41) is 22.0. The standard InChI is InChI=1S/C11H18N2O2.C6H14O2.CHNO/c1-10(12-8-14)6-4-5-7-11(2,3)13-9-15;7-5-3-1-2-4-6-8;2-1-3/h10H,4-7H2,1-3H3;7-8H,1-6H2;2H. The largest absolute Gasteiger partial charge is 0.396 e. The van der Waals surface area contributed by atoms with Crippen LogP contribution in [-0.2, 0) is 14.4 Å². The summed E-state index contributed by atoms with van der Waals surface area (Å²) in [4.78, 5) is 35.7. The fraction of sp³-hybridized carbons (Fsp3) is 0.833. The molecular weight excluding hydrogens is 338 g/mol. The first kappa shape index (κ1) is 28.8. The molecule has 0 aromatic rings. The topological polar surface area (TPSA) is 140 Å². The Morgan fingerprint density at radius 1 is 0.923 bits per heavy atom. The quantitative estimate of drug-likeness (QED) is 0.275. The SMILES string of the molecule is CC(CCCCC(C)(C)N=C=O)N=C=O.N=C=O.OCCCCCCO. The number of hydrogen-bond acceptors (Lipinski definition) is 8. The molecule has 8 heteroatoms. The summed E-state index contributed by atoms with van der Waals surface area (Å²) in [6.45, 7) is 6.27. The molecule has 150 valence electrons. The summed E-state index contributed by atoms with van der Waals surface area (Å²) in [6, 6.07) is 0.0418. The van der Waals surface area contributed by atoms with Gasteiger partial charge in [0, 0.05) is 13.2 Å². The summed E-state index contributed by atoms with van der Waals surface area (Å²) in [5.41, 5.74) is -0.321. The molecule has 0 aromatic carbocycles. The average Bonchev–Trinajstić information content (AvgIpc) is 2.57. The highest BCUT2D eigenvalue weighted by atomic mass is 16.3. The summed E-state index contributed by atoms with van der Waals surface area (Å²) in [5.74, 6) is 0. The second-order valence-corrected chi connectivity index (χ2v) is 6.29. The van der Waals surface area contributed by atoms with Crippen molar-refractivity contribution in [3.05, 3.63) is 0 Å². The van der Waals surface area contributed by atoms with E-state index in [0.717, 1.165) is 57.4 Å². The van der Waals surface area contributed by atoms with E-state index in [0.29, 0.717) is 0 Å². The lowest BCUT2D eigenvalue weighted by molar-refractivity contribution is 0.265. The number of carbonyl (C=O) groups excluding carboxylic acids is 3. The van der Waals surface area contributed by atoms with Gasteiger partial charge in [-0.1, -0.05) is 25.7 Å². The molecule has 0 aliphatic heterocycles. The van der Waals surface area contributed by atoms with Gasteiger partial charge in [-0.2, -0.15) is 4.99 Å². The predicted octanol–water partition coefficient (Wildman–Crippen LogP) is 2.82. The van der Waals surface area contributed by atoms with Crippen molar-refractivity contribution in [2.24, 2.45) is 9.98 Å². The third-order valence-corrected chi connectivity index (χ3v) is 3.35. The molecule has 0 aliphatic rings. The first-order valence-electron chi connectivity index (χ1n) is 8.76. The van der Waals surface area contributed by atoms with Crippen LogP contribution in [0.2, 0.25) is 0 Å². The molecular formula is C18H33N3O5. The van der Waals surface area contributed by atoms with Gasteiger partial charge in [-0.05, 0) is 46.5 Å². The number of unbranched alkanes of at least 4 members (excludes halogenated alkanes) is 4. The molecule has 0 radical (unpaired) electrons. The molecule has 1 unspecified atom stereocenters. The Labute approximate surface area is 156 Å². The number of isocyanates is 3. The molecule has 0 saturated carbocycles. The molecule has 0 bridgehead atoms. The van der Waals surface area contributed by atoms with Crippen molar-refractivity contribution in [1.29, 1.82) is 5.41 Å². The Balaban J connectivity index is -0.000000402. The lowest BCUT2D eigenvalue weighted by Gasteiger charge is -2.16. The van der Waals surface area contributed by atoms with Crippen LogP contribution in [0, 0.1) is 5.41 Å². The van der Waals surface area contributed by atoms with E-state index in [2.05, 4.69) is 9.98 Å². The zero-order valence-corrected chi connectivity index (χ0v) is 16.2. The van der Waals surface area contributed by atoms with Crippen LogP contribution >= 0.6 is 0 Å². The van der Waals surface area contributed by atoms with Crippen LogP contribution in [0.15, 0.2) is 9.98 Å². The predicted molar refractivity (Wildman–Crippen MR) is 99.3 cm³/mol. The second-order valence-electron chi connectivity index (χ2n) is 6.29. The van der Waals surface area contributed by atoms with E-state index >= 15 is 0 Å². The smallest absolute Gasteiger partial charge is 0.235 e. The van der Waals surface area contributed by atoms with Crippen LogP contribution in [0.4, 0.5) is 0 Å². The van der Waals surface area contributed by atoms with Crippen LogP contribution in [0.5, 0.6) is 0 Å². The third-order valence-electron chi connectivity index (χ3n) is 3.35. The molecule has 0 aliphatic carbocycles. The Hall–Kier alpha value is -1.94. The summed E-state index contributed by atoms with van der Waals surface area (Å²) < 4.78 is 0. The molecule has 0 saturated heterocycles. The average molecular weight is 371 g/mol. The van der Waals surface area contributed by atoms with Crippen LogP contribution < -0.4 is 0 Å². The molecule has 0 fully saturated rings. The lowest BCUT2D eigenvalue weighted by Crippen LogP contribution is -2.15. The van der Waals surface area contributed by atoms with Gasteiger partial charge in [-0.3, -0.25) is 0 Å². The van der Waals surface area contributed by atoms with Gasteiger partial charge in [0.2, 0.25) is 18.2 Å². The minimum atomic E-state index is -0.321. The van der Waals surface area contributed by atoms with Gasteiger partial charge < -0.3 is 10.2 Å². The first-order valence-corrected chi connectivity index (χ1v) is 8.76. The van der Waals surface area contributed by atoms with Crippen LogP contribution in [0.3, 0.4) is 0 Å². The van der Waals surface area contributed by atoms with E-state index in [1.807, 2.05) is 20.8 Å². The highest BCUT2D eigenvalue weighted by Crippen LogP contribution is 2.18. The molecule has 8 nitrogen and oxygen atoms in total. The summed E-state index contributed by atoms with van der Waals surface area (Å²) >= 11 is 0. The maximum Gasteiger partial charge on any atom is 0.235 e. The van der Waals surface area contributed by atoms with Crippen molar-refractivity contribution in [3.63, 3.8) is 0 Å². The molecule has 0 heterocycles. The monoisotopic (exact) mass is 371 g/mol. The summed E-state index contributed by atoms with van der Waals surface area (Å²) in [7, 11) is 0. The molecule has 26 heavy (non-hydrogen) atoms. The van der Waals surface area contributed by atoms with Crippen molar-refractivity contribution in [2.45, 2.75) is 83.7 Å². The zero-order chi connectivity index (χ0) is 20.7. The molecule has 1 atom stereocenters. The van der Waals surface area contributed by atoms with E-state index in [9.17, 15) is 9.59 Å². The first-order chi connectivity index (χ1) is 12.3. The summed E-state index contributed by atoms with van der Waals surface area (Å²) in [6.07, 6.45) is 11.4. The van der Waals surface area contributed by atoms with Gasteiger partial charge in [0.05, 0.1) is 11.6 Å². The normalized spacial score (nSPS) is 10.5. The Morgan fingerprint density at radius 3 is 1.81 bits per heavy atom. The van der Waals surface area contributed by atoms with Crippen LogP contribution in [0.1, 0.15) is 72.1 Å². The fourth-order valence-corrected chi connectivity index (χ4v) is 1.91. The maximum atomic E-state index is 10.1. The van der Waals surface area contributed by atoms with Crippen LogP contribution in [0.25, 0.3) is 0 Å².